The third-order valence-electron chi connectivity index (χ3n) is 3.45. The van der Waals surface area contributed by atoms with Crippen LogP contribution in [0.25, 0.3) is 0 Å². The van der Waals surface area contributed by atoms with Crippen LogP contribution in [0, 0.1) is 11.7 Å². The van der Waals surface area contributed by atoms with Crippen LogP contribution >= 0.6 is 0 Å². The van der Waals surface area contributed by atoms with E-state index in [1.165, 1.54) is 11.0 Å². The van der Waals surface area contributed by atoms with Crippen LogP contribution in [0.4, 0.5) is 9.18 Å². The van der Waals surface area contributed by atoms with E-state index in [0.717, 1.165) is 0 Å². The molecule has 0 aromatic heterocycles. The van der Waals surface area contributed by atoms with Gasteiger partial charge in [-0.3, -0.25) is 4.79 Å². The summed E-state index contributed by atoms with van der Waals surface area (Å²) in [6.07, 6.45) is 1.26. The Bertz CT molecular complexity index is 507. The predicted molar refractivity (Wildman–Crippen MR) is 70.6 cm³/mol. The number of carboxylic acid groups (broad SMARTS) is 1. The summed E-state index contributed by atoms with van der Waals surface area (Å²) in [5, 5.41) is 11.6. The van der Waals surface area contributed by atoms with Crippen molar-refractivity contribution < 1.29 is 19.1 Å². The number of carboxylic acids is 1. The maximum atomic E-state index is 13.4. The van der Waals surface area contributed by atoms with Crippen LogP contribution in [0.2, 0.25) is 0 Å². The highest BCUT2D eigenvalue weighted by Crippen LogP contribution is 2.16. The zero-order chi connectivity index (χ0) is 14.5. The number of carbonyl (C=O) groups is 2. The van der Waals surface area contributed by atoms with Crippen molar-refractivity contribution in [2.24, 2.45) is 5.92 Å². The molecule has 1 aromatic carbocycles. The summed E-state index contributed by atoms with van der Waals surface area (Å²) in [5.74, 6) is -1.76. The monoisotopic (exact) mass is 280 g/mol. The van der Waals surface area contributed by atoms with E-state index in [1.807, 2.05) is 0 Å². The number of nitrogens with one attached hydrogen (secondary N) is 1. The fourth-order valence-corrected chi connectivity index (χ4v) is 2.29. The van der Waals surface area contributed by atoms with Crippen molar-refractivity contribution in [2.45, 2.75) is 19.4 Å². The number of likely N-dealkylation sites (tertiary alicyclic amines) is 1. The lowest BCUT2D eigenvalue weighted by Crippen LogP contribution is -2.46. The third kappa shape index (κ3) is 3.46. The summed E-state index contributed by atoms with van der Waals surface area (Å²) in [6, 6.07) is 5.88. The van der Waals surface area contributed by atoms with Crippen molar-refractivity contribution >= 4 is 12.0 Å². The molecule has 2 amide bonds. The van der Waals surface area contributed by atoms with Crippen molar-refractivity contribution in [3.63, 3.8) is 0 Å². The van der Waals surface area contributed by atoms with Crippen LogP contribution in [0.5, 0.6) is 0 Å². The minimum absolute atomic E-state index is 0.0970. The second-order valence-corrected chi connectivity index (χ2v) is 4.87. The zero-order valence-electron chi connectivity index (χ0n) is 11.0. The SMILES string of the molecule is O=C(O)C1CCCN(C(=O)NCc2ccccc2F)C1. The third-order valence-corrected chi connectivity index (χ3v) is 3.45. The van der Waals surface area contributed by atoms with Gasteiger partial charge in [0.25, 0.3) is 0 Å². The molecular formula is C14H17FN2O3. The number of rotatable bonds is 3. The van der Waals surface area contributed by atoms with Crippen molar-refractivity contribution in [3.8, 4) is 0 Å². The average molecular weight is 280 g/mol. The molecule has 2 rings (SSSR count). The first kappa shape index (κ1) is 14.3. The van der Waals surface area contributed by atoms with Crippen molar-refractivity contribution in [2.75, 3.05) is 13.1 Å². The average Bonchev–Trinajstić information content (AvgIpc) is 2.46. The van der Waals surface area contributed by atoms with Gasteiger partial charge in [0.2, 0.25) is 0 Å². The first-order chi connectivity index (χ1) is 9.58. The Morgan fingerprint density at radius 1 is 1.40 bits per heavy atom. The molecule has 0 aliphatic carbocycles. The van der Waals surface area contributed by atoms with Gasteiger partial charge in [0.1, 0.15) is 5.82 Å². The van der Waals surface area contributed by atoms with Gasteiger partial charge in [-0.05, 0) is 18.9 Å². The molecule has 1 fully saturated rings. The molecule has 0 spiro atoms. The zero-order valence-corrected chi connectivity index (χ0v) is 11.0. The topological polar surface area (TPSA) is 69.6 Å². The van der Waals surface area contributed by atoms with E-state index in [-0.39, 0.29) is 24.9 Å². The normalized spacial score (nSPS) is 18.6. The van der Waals surface area contributed by atoms with Crippen molar-refractivity contribution in [1.29, 1.82) is 0 Å². The summed E-state index contributed by atoms with van der Waals surface area (Å²) in [6.45, 7) is 0.838. The van der Waals surface area contributed by atoms with Gasteiger partial charge in [-0.25, -0.2) is 9.18 Å². The molecule has 1 aliphatic heterocycles. The lowest BCUT2D eigenvalue weighted by Gasteiger charge is -2.30. The van der Waals surface area contributed by atoms with Crippen molar-refractivity contribution in [1.82, 2.24) is 10.2 Å². The van der Waals surface area contributed by atoms with E-state index in [1.54, 1.807) is 18.2 Å². The molecule has 1 aliphatic rings. The second-order valence-electron chi connectivity index (χ2n) is 4.87. The molecule has 0 radical (unpaired) electrons. The smallest absolute Gasteiger partial charge is 0.317 e. The number of carbonyl (C=O) groups excluding carboxylic acids is 1. The van der Waals surface area contributed by atoms with Crippen LogP contribution < -0.4 is 5.32 Å². The summed E-state index contributed by atoms with van der Waals surface area (Å²) < 4.78 is 13.4. The number of urea groups is 1. The molecule has 108 valence electrons. The summed E-state index contributed by atoms with van der Waals surface area (Å²) in [4.78, 5) is 24.4. The molecule has 1 atom stereocenters. The molecule has 5 nitrogen and oxygen atoms in total. The molecule has 6 heteroatoms. The molecular weight excluding hydrogens is 263 g/mol. The number of hydrogen-bond donors (Lipinski definition) is 2. The summed E-state index contributed by atoms with van der Waals surface area (Å²) >= 11 is 0. The van der Waals surface area contributed by atoms with Gasteiger partial charge in [-0.15, -0.1) is 0 Å². The lowest BCUT2D eigenvalue weighted by atomic mass is 9.99. The van der Waals surface area contributed by atoms with Gasteiger partial charge < -0.3 is 15.3 Å². The van der Waals surface area contributed by atoms with Crippen LogP contribution in [-0.2, 0) is 11.3 Å². The molecule has 2 N–H and O–H groups in total. The standard InChI is InChI=1S/C14H17FN2O3/c15-12-6-2-1-4-10(12)8-16-14(20)17-7-3-5-11(9-17)13(18)19/h1-2,4,6,11H,3,5,7-9H2,(H,16,20)(H,18,19). The number of hydrogen-bond acceptors (Lipinski definition) is 2. The number of aliphatic carboxylic acids is 1. The Balaban J connectivity index is 1.89. The van der Waals surface area contributed by atoms with Crippen LogP contribution in [-0.4, -0.2) is 35.1 Å². The fourth-order valence-electron chi connectivity index (χ4n) is 2.29. The predicted octanol–water partition coefficient (Wildman–Crippen LogP) is 1.83. The molecule has 1 heterocycles. The first-order valence-corrected chi connectivity index (χ1v) is 6.57. The Kier molecular flexibility index (Phi) is 4.55. The Morgan fingerprint density at radius 2 is 2.15 bits per heavy atom. The van der Waals surface area contributed by atoms with E-state index >= 15 is 0 Å². The van der Waals surface area contributed by atoms with Gasteiger partial charge in [-0.2, -0.15) is 0 Å². The van der Waals surface area contributed by atoms with E-state index in [4.69, 9.17) is 5.11 Å². The first-order valence-electron chi connectivity index (χ1n) is 6.57. The number of amides is 2. The molecule has 0 bridgehead atoms. The Hall–Kier alpha value is -2.11. The van der Waals surface area contributed by atoms with Gasteiger partial charge >= 0.3 is 12.0 Å². The number of benzene rings is 1. The maximum absolute atomic E-state index is 13.4. The van der Waals surface area contributed by atoms with E-state index in [9.17, 15) is 14.0 Å². The Labute approximate surface area is 116 Å². The van der Waals surface area contributed by atoms with Crippen LogP contribution in [0.1, 0.15) is 18.4 Å². The van der Waals surface area contributed by atoms with Gasteiger partial charge in [0.05, 0.1) is 5.92 Å². The highest BCUT2D eigenvalue weighted by Gasteiger charge is 2.27. The number of piperidine rings is 1. The second kappa shape index (κ2) is 6.36. The lowest BCUT2D eigenvalue weighted by molar-refractivity contribution is -0.143. The highest BCUT2D eigenvalue weighted by atomic mass is 19.1. The minimum atomic E-state index is -0.878. The van der Waals surface area contributed by atoms with E-state index in [0.29, 0.717) is 24.9 Å². The maximum Gasteiger partial charge on any atom is 0.317 e. The van der Waals surface area contributed by atoms with Gasteiger partial charge in [0.15, 0.2) is 0 Å². The van der Waals surface area contributed by atoms with E-state index < -0.39 is 11.9 Å². The van der Waals surface area contributed by atoms with Crippen LogP contribution in [0.3, 0.4) is 0 Å². The molecule has 20 heavy (non-hydrogen) atoms. The molecule has 1 aromatic rings. The summed E-state index contributed by atoms with van der Waals surface area (Å²) in [7, 11) is 0. The Morgan fingerprint density at radius 3 is 2.85 bits per heavy atom. The van der Waals surface area contributed by atoms with E-state index in [2.05, 4.69) is 5.32 Å². The van der Waals surface area contributed by atoms with Crippen molar-refractivity contribution in [3.05, 3.63) is 35.6 Å². The number of nitrogens with zero attached hydrogens (tertiary/aromatic N) is 1. The largest absolute Gasteiger partial charge is 0.481 e. The quantitative estimate of drug-likeness (QED) is 0.887. The van der Waals surface area contributed by atoms with Gasteiger partial charge in [0, 0.05) is 25.2 Å². The van der Waals surface area contributed by atoms with Gasteiger partial charge in [-0.1, -0.05) is 18.2 Å². The number of halogens is 1. The van der Waals surface area contributed by atoms with Crippen LogP contribution in [0.15, 0.2) is 24.3 Å². The molecule has 1 saturated heterocycles. The fraction of sp³-hybridized carbons (Fsp3) is 0.429. The highest BCUT2D eigenvalue weighted by molar-refractivity contribution is 5.76. The summed E-state index contributed by atoms with van der Waals surface area (Å²) in [5.41, 5.74) is 0.410. The molecule has 1 unspecified atom stereocenters. The minimum Gasteiger partial charge on any atom is -0.481 e. The molecule has 0 saturated carbocycles.